The molecule has 0 aliphatic heterocycles. The standard InChI is InChI=1S/C21H19N7O5S/c22-27-23-10-3-11-33-16-8-6-14(7-9-16)18-13-34-21(24-18)26-25-17(20(29)30)12-15-4-1-2-5-19(15)28(31)32/h1-2,4-9,13H,3,10-12H2,(H,24,26)(H,29,30)/b25-17-. The summed E-state index contributed by atoms with van der Waals surface area (Å²) in [5.41, 5.74) is 12.2. The number of benzene rings is 2. The summed E-state index contributed by atoms with van der Waals surface area (Å²) >= 11 is 1.24. The van der Waals surface area contributed by atoms with Crippen LogP contribution in [-0.2, 0) is 11.2 Å². The topological polar surface area (TPSA) is 176 Å². The molecule has 34 heavy (non-hydrogen) atoms. The van der Waals surface area contributed by atoms with Crippen molar-refractivity contribution in [2.75, 3.05) is 18.6 Å². The maximum Gasteiger partial charge on any atom is 0.352 e. The molecule has 0 unspecified atom stereocenters. The van der Waals surface area contributed by atoms with E-state index in [0.717, 1.165) is 5.56 Å². The molecular weight excluding hydrogens is 462 g/mol. The van der Waals surface area contributed by atoms with Crippen molar-refractivity contribution in [1.29, 1.82) is 0 Å². The van der Waals surface area contributed by atoms with E-state index in [1.807, 2.05) is 12.1 Å². The van der Waals surface area contributed by atoms with E-state index in [4.69, 9.17) is 10.3 Å². The minimum Gasteiger partial charge on any atom is -0.494 e. The van der Waals surface area contributed by atoms with Gasteiger partial charge < -0.3 is 9.84 Å². The number of nitro groups is 1. The number of nitrogens with zero attached hydrogens (tertiary/aromatic N) is 6. The highest BCUT2D eigenvalue weighted by molar-refractivity contribution is 7.14. The van der Waals surface area contributed by atoms with E-state index in [-0.39, 0.29) is 23.4 Å². The predicted molar refractivity (Wildman–Crippen MR) is 127 cm³/mol. The van der Waals surface area contributed by atoms with Gasteiger partial charge >= 0.3 is 5.97 Å². The van der Waals surface area contributed by atoms with Crippen LogP contribution in [-0.4, -0.2) is 39.8 Å². The Labute approximate surface area is 197 Å². The van der Waals surface area contributed by atoms with Crippen LogP contribution >= 0.6 is 11.3 Å². The summed E-state index contributed by atoms with van der Waals surface area (Å²) in [6.45, 7) is 0.802. The number of anilines is 1. The van der Waals surface area contributed by atoms with E-state index in [1.54, 1.807) is 23.6 Å². The minimum absolute atomic E-state index is 0.170. The molecule has 0 aliphatic carbocycles. The molecule has 174 valence electrons. The summed E-state index contributed by atoms with van der Waals surface area (Å²) in [6, 6.07) is 13.2. The van der Waals surface area contributed by atoms with Gasteiger partial charge in [0.05, 0.1) is 17.2 Å². The van der Waals surface area contributed by atoms with Gasteiger partial charge in [-0.15, -0.1) is 11.3 Å². The third-order valence-electron chi connectivity index (χ3n) is 4.47. The summed E-state index contributed by atoms with van der Waals surface area (Å²) in [6.07, 6.45) is 0.394. The average molecular weight is 481 g/mol. The van der Waals surface area contributed by atoms with Crippen molar-refractivity contribution in [3.05, 3.63) is 80.0 Å². The zero-order valence-electron chi connectivity index (χ0n) is 17.7. The molecule has 2 N–H and O–H groups in total. The van der Waals surface area contributed by atoms with E-state index in [0.29, 0.717) is 36.1 Å². The Bertz CT molecular complexity index is 1240. The Morgan fingerprint density at radius 2 is 2.03 bits per heavy atom. The second-order valence-electron chi connectivity index (χ2n) is 6.76. The van der Waals surface area contributed by atoms with Crippen LogP contribution in [0.4, 0.5) is 10.8 Å². The smallest absolute Gasteiger partial charge is 0.352 e. The van der Waals surface area contributed by atoms with Gasteiger partial charge in [0.1, 0.15) is 11.5 Å². The van der Waals surface area contributed by atoms with Crippen molar-refractivity contribution in [2.45, 2.75) is 12.8 Å². The molecular formula is C21H19N7O5S. The van der Waals surface area contributed by atoms with Gasteiger partial charge in [0.15, 0.2) is 0 Å². The molecule has 1 heterocycles. The second-order valence-corrected chi connectivity index (χ2v) is 7.61. The SMILES string of the molecule is [N-]=[N+]=NCCCOc1ccc(-c2csc(N/N=C(/Cc3ccccc3[N+](=O)[O-])C(=O)O)n2)cc1. The Kier molecular flexibility index (Phi) is 8.49. The lowest BCUT2D eigenvalue weighted by Gasteiger charge is -2.05. The van der Waals surface area contributed by atoms with E-state index in [9.17, 15) is 20.0 Å². The number of thiazole rings is 1. The van der Waals surface area contributed by atoms with Gasteiger partial charge in [0.2, 0.25) is 5.13 Å². The van der Waals surface area contributed by atoms with Crippen LogP contribution < -0.4 is 10.2 Å². The molecule has 0 spiro atoms. The zero-order valence-corrected chi connectivity index (χ0v) is 18.5. The number of nitrogens with one attached hydrogen (secondary N) is 1. The number of azide groups is 1. The maximum absolute atomic E-state index is 11.6. The Morgan fingerprint density at radius 1 is 1.26 bits per heavy atom. The Hall–Kier alpha value is -4.48. The molecule has 0 bridgehead atoms. The first kappa shape index (κ1) is 24.2. The molecule has 13 heteroatoms. The molecule has 0 aliphatic rings. The Morgan fingerprint density at radius 3 is 2.74 bits per heavy atom. The number of hydrogen-bond acceptors (Lipinski definition) is 9. The highest BCUT2D eigenvalue weighted by atomic mass is 32.1. The van der Waals surface area contributed by atoms with Crippen molar-refractivity contribution < 1.29 is 19.6 Å². The zero-order chi connectivity index (χ0) is 24.3. The Balaban J connectivity index is 1.64. The molecule has 0 saturated carbocycles. The van der Waals surface area contributed by atoms with Crippen molar-refractivity contribution in [1.82, 2.24) is 4.98 Å². The first-order valence-electron chi connectivity index (χ1n) is 9.95. The number of hydrogen-bond donors (Lipinski definition) is 2. The molecule has 1 aromatic heterocycles. The first-order valence-corrected chi connectivity index (χ1v) is 10.8. The molecule has 3 aromatic rings. The fourth-order valence-corrected chi connectivity index (χ4v) is 3.51. The van der Waals surface area contributed by atoms with E-state index < -0.39 is 10.9 Å². The van der Waals surface area contributed by atoms with Gasteiger partial charge in [-0.3, -0.25) is 15.5 Å². The molecule has 0 radical (unpaired) electrons. The third-order valence-corrected chi connectivity index (χ3v) is 5.22. The minimum atomic E-state index is -1.29. The van der Waals surface area contributed by atoms with Crippen LogP contribution in [0.2, 0.25) is 0 Å². The highest BCUT2D eigenvalue weighted by Crippen LogP contribution is 2.27. The van der Waals surface area contributed by atoms with E-state index in [2.05, 4.69) is 25.5 Å². The monoisotopic (exact) mass is 481 g/mol. The van der Waals surface area contributed by atoms with Crippen LogP contribution in [0.25, 0.3) is 21.7 Å². The van der Waals surface area contributed by atoms with Gasteiger partial charge in [-0.2, -0.15) is 5.10 Å². The second kappa shape index (κ2) is 11.9. The summed E-state index contributed by atoms with van der Waals surface area (Å²) in [4.78, 5) is 29.3. The van der Waals surface area contributed by atoms with Crippen molar-refractivity contribution in [3.8, 4) is 17.0 Å². The first-order chi connectivity index (χ1) is 16.5. The predicted octanol–water partition coefficient (Wildman–Crippen LogP) is 4.89. The maximum atomic E-state index is 11.6. The van der Waals surface area contributed by atoms with Gasteiger partial charge in [-0.05, 0) is 36.2 Å². The molecule has 0 amide bonds. The largest absolute Gasteiger partial charge is 0.494 e. The summed E-state index contributed by atoms with van der Waals surface area (Å²) in [5, 5.41) is 30.1. The van der Waals surface area contributed by atoms with Crippen LogP contribution in [0.3, 0.4) is 0 Å². The summed E-state index contributed by atoms with van der Waals surface area (Å²) < 4.78 is 5.58. The number of aliphatic carboxylic acids is 1. The number of carboxylic acid groups (broad SMARTS) is 1. The van der Waals surface area contributed by atoms with Crippen molar-refractivity contribution in [3.63, 3.8) is 0 Å². The average Bonchev–Trinajstić information content (AvgIpc) is 3.31. The van der Waals surface area contributed by atoms with Crippen LogP contribution in [0, 0.1) is 10.1 Å². The number of nitro benzene ring substituents is 1. The van der Waals surface area contributed by atoms with Crippen molar-refractivity contribution in [2.24, 2.45) is 10.2 Å². The van der Waals surface area contributed by atoms with Crippen LogP contribution in [0.5, 0.6) is 5.75 Å². The van der Waals surface area contributed by atoms with Crippen LogP contribution in [0.15, 0.2) is 64.1 Å². The third kappa shape index (κ3) is 6.76. The number of ether oxygens (including phenoxy) is 1. The molecule has 2 aromatic carbocycles. The van der Waals surface area contributed by atoms with Crippen LogP contribution in [0.1, 0.15) is 12.0 Å². The number of para-hydroxylation sites is 1. The van der Waals surface area contributed by atoms with Gasteiger partial charge in [-0.1, -0.05) is 23.3 Å². The quantitative estimate of drug-likeness (QED) is 0.0703. The lowest BCUT2D eigenvalue weighted by atomic mass is 10.1. The lowest BCUT2D eigenvalue weighted by molar-refractivity contribution is -0.385. The summed E-state index contributed by atoms with van der Waals surface area (Å²) in [5.74, 6) is -0.624. The number of hydrazone groups is 1. The normalized spacial score (nSPS) is 10.9. The number of carboxylic acids is 1. The fraction of sp³-hybridized carbons (Fsp3) is 0.190. The lowest BCUT2D eigenvalue weighted by Crippen LogP contribution is -2.18. The van der Waals surface area contributed by atoms with Crippen molar-refractivity contribution >= 4 is 33.8 Å². The molecule has 12 nitrogen and oxygen atoms in total. The number of aromatic nitrogens is 1. The fourth-order valence-electron chi connectivity index (χ4n) is 2.85. The molecule has 0 atom stereocenters. The number of carbonyl (C=O) groups is 1. The van der Waals surface area contributed by atoms with Gasteiger partial charge in [-0.25, -0.2) is 9.78 Å². The summed E-state index contributed by atoms with van der Waals surface area (Å²) in [7, 11) is 0. The van der Waals surface area contributed by atoms with E-state index >= 15 is 0 Å². The number of rotatable bonds is 12. The highest BCUT2D eigenvalue weighted by Gasteiger charge is 2.18. The van der Waals surface area contributed by atoms with Gasteiger partial charge in [0, 0.05) is 40.5 Å². The molecule has 3 rings (SSSR count). The van der Waals surface area contributed by atoms with E-state index in [1.165, 1.54) is 29.5 Å². The van der Waals surface area contributed by atoms with Gasteiger partial charge in [0.25, 0.3) is 5.69 Å². The molecule has 0 saturated heterocycles. The molecule has 0 fully saturated rings.